The van der Waals surface area contributed by atoms with Crippen molar-refractivity contribution in [2.75, 3.05) is 6.61 Å². The number of benzene rings is 1. The molecule has 1 aromatic rings. The number of hydrogen-bond donors (Lipinski definition) is 2. The molecule has 2 saturated carbocycles. The summed E-state index contributed by atoms with van der Waals surface area (Å²) in [6.45, 7) is 8.66. The van der Waals surface area contributed by atoms with Crippen molar-refractivity contribution < 1.29 is 15.0 Å². The molecule has 0 unspecified atom stereocenters. The molecule has 5 atom stereocenters. The van der Waals surface area contributed by atoms with E-state index >= 15 is 0 Å². The van der Waals surface area contributed by atoms with Gasteiger partial charge >= 0.3 is 0 Å². The standard InChI is InChI=1S/C24H32O3/c1-17-12-13-21-23(2,15-14-22(27)24(21,3)16-25)19(17)10-7-11-20(26)18-8-5-4-6-9-18/h4-9,11,19,21-22,25,27H,1,10,12-16H2,2-3H3/b11-7+/t19-,21+,22-,23+,24+/m1/s1. The summed E-state index contributed by atoms with van der Waals surface area (Å²) in [5, 5.41) is 20.6. The maximum Gasteiger partial charge on any atom is 0.185 e. The minimum Gasteiger partial charge on any atom is -0.396 e. The highest BCUT2D eigenvalue weighted by Gasteiger charge is 2.57. The molecule has 2 fully saturated rings. The van der Waals surface area contributed by atoms with Crippen molar-refractivity contribution in [2.45, 2.75) is 52.1 Å². The highest BCUT2D eigenvalue weighted by molar-refractivity contribution is 6.04. The van der Waals surface area contributed by atoms with Crippen LogP contribution in [0.2, 0.25) is 0 Å². The number of allylic oxidation sites excluding steroid dienone is 3. The average Bonchev–Trinajstić information content (AvgIpc) is 2.68. The highest BCUT2D eigenvalue weighted by atomic mass is 16.3. The van der Waals surface area contributed by atoms with E-state index in [1.54, 1.807) is 6.08 Å². The first-order valence-electron chi connectivity index (χ1n) is 10.1. The van der Waals surface area contributed by atoms with E-state index in [1.807, 2.05) is 43.3 Å². The minimum atomic E-state index is -0.463. The number of rotatable bonds is 5. The van der Waals surface area contributed by atoms with Crippen molar-refractivity contribution in [3.63, 3.8) is 0 Å². The van der Waals surface area contributed by atoms with Crippen molar-refractivity contribution in [1.82, 2.24) is 0 Å². The Kier molecular flexibility index (Phi) is 5.73. The fourth-order valence-electron chi connectivity index (χ4n) is 5.65. The van der Waals surface area contributed by atoms with Gasteiger partial charge in [-0.2, -0.15) is 0 Å². The van der Waals surface area contributed by atoms with Crippen molar-refractivity contribution in [3.05, 3.63) is 60.2 Å². The number of carbonyl (C=O) groups is 1. The lowest BCUT2D eigenvalue weighted by Gasteiger charge is -2.59. The Labute approximate surface area is 162 Å². The van der Waals surface area contributed by atoms with Crippen LogP contribution in [0.25, 0.3) is 0 Å². The van der Waals surface area contributed by atoms with Gasteiger partial charge in [0.05, 0.1) is 12.7 Å². The molecular weight excluding hydrogens is 336 g/mol. The summed E-state index contributed by atoms with van der Waals surface area (Å²) in [6.07, 6.45) is 7.52. The minimum absolute atomic E-state index is 0.00776. The van der Waals surface area contributed by atoms with E-state index in [2.05, 4.69) is 13.5 Å². The van der Waals surface area contributed by atoms with Crippen LogP contribution in [0.3, 0.4) is 0 Å². The van der Waals surface area contributed by atoms with Crippen LogP contribution in [0.4, 0.5) is 0 Å². The molecule has 0 amide bonds. The quantitative estimate of drug-likeness (QED) is 0.455. The maximum absolute atomic E-state index is 12.3. The molecular formula is C24H32O3. The van der Waals surface area contributed by atoms with E-state index in [1.165, 1.54) is 5.57 Å². The van der Waals surface area contributed by atoms with E-state index in [9.17, 15) is 15.0 Å². The second-order valence-corrected chi connectivity index (χ2v) is 8.89. The number of hydrogen-bond acceptors (Lipinski definition) is 3. The van der Waals surface area contributed by atoms with Gasteiger partial charge < -0.3 is 10.2 Å². The largest absolute Gasteiger partial charge is 0.396 e. The summed E-state index contributed by atoms with van der Waals surface area (Å²) in [7, 11) is 0. The summed E-state index contributed by atoms with van der Waals surface area (Å²) in [4.78, 5) is 12.3. The molecule has 146 valence electrons. The lowest BCUT2D eigenvalue weighted by Crippen LogP contribution is -2.57. The van der Waals surface area contributed by atoms with Gasteiger partial charge in [0.25, 0.3) is 0 Å². The maximum atomic E-state index is 12.3. The molecule has 1 aromatic carbocycles. The zero-order chi connectivity index (χ0) is 19.7. The number of fused-ring (bicyclic) bond motifs is 1. The van der Waals surface area contributed by atoms with Crippen LogP contribution >= 0.6 is 0 Å². The lowest BCUT2D eigenvalue weighted by molar-refractivity contribution is -0.151. The average molecular weight is 369 g/mol. The first-order chi connectivity index (χ1) is 12.8. The number of carbonyl (C=O) groups excluding carboxylic acids is 1. The van der Waals surface area contributed by atoms with Crippen LogP contribution in [-0.4, -0.2) is 28.7 Å². The van der Waals surface area contributed by atoms with E-state index in [-0.39, 0.29) is 29.6 Å². The van der Waals surface area contributed by atoms with Crippen LogP contribution in [0, 0.1) is 22.7 Å². The molecule has 0 aromatic heterocycles. The predicted octanol–water partition coefficient (Wildman–Crippen LogP) is 4.56. The van der Waals surface area contributed by atoms with Gasteiger partial charge in [-0.15, -0.1) is 0 Å². The molecule has 0 spiro atoms. The van der Waals surface area contributed by atoms with E-state index < -0.39 is 11.5 Å². The van der Waals surface area contributed by atoms with E-state index in [0.29, 0.717) is 12.0 Å². The third-order valence-corrected chi connectivity index (χ3v) is 7.39. The predicted molar refractivity (Wildman–Crippen MR) is 108 cm³/mol. The van der Waals surface area contributed by atoms with Gasteiger partial charge in [0, 0.05) is 11.0 Å². The zero-order valence-electron chi connectivity index (χ0n) is 16.5. The zero-order valence-corrected chi connectivity index (χ0v) is 16.5. The third-order valence-electron chi connectivity index (χ3n) is 7.39. The van der Waals surface area contributed by atoms with Crippen LogP contribution < -0.4 is 0 Å². The Morgan fingerprint density at radius 3 is 2.63 bits per heavy atom. The van der Waals surface area contributed by atoms with Gasteiger partial charge in [0.1, 0.15) is 0 Å². The monoisotopic (exact) mass is 368 g/mol. The van der Waals surface area contributed by atoms with Crippen LogP contribution in [0.5, 0.6) is 0 Å². The van der Waals surface area contributed by atoms with Crippen LogP contribution in [0.1, 0.15) is 56.3 Å². The van der Waals surface area contributed by atoms with Crippen LogP contribution in [0.15, 0.2) is 54.6 Å². The molecule has 2 aliphatic carbocycles. The Morgan fingerprint density at radius 1 is 1.26 bits per heavy atom. The highest BCUT2D eigenvalue weighted by Crippen LogP contribution is 2.61. The topological polar surface area (TPSA) is 57.5 Å². The fourth-order valence-corrected chi connectivity index (χ4v) is 5.65. The normalized spacial score (nSPS) is 36.6. The van der Waals surface area contributed by atoms with Gasteiger partial charge in [-0.3, -0.25) is 4.79 Å². The van der Waals surface area contributed by atoms with Crippen molar-refractivity contribution >= 4 is 5.78 Å². The molecule has 0 aliphatic heterocycles. The summed E-state index contributed by atoms with van der Waals surface area (Å²) < 4.78 is 0. The summed E-state index contributed by atoms with van der Waals surface area (Å²) in [5.74, 6) is 0.555. The van der Waals surface area contributed by atoms with Gasteiger partial charge in [0.2, 0.25) is 0 Å². The summed E-state index contributed by atoms with van der Waals surface area (Å²) in [5.41, 5.74) is 1.47. The SMILES string of the molecule is C=C1CC[C@@H]2[C@](C)(CO)[C@H](O)CC[C@@]2(C)[C@@H]1C/C=C/C(=O)c1ccccc1. The number of aliphatic hydroxyl groups is 2. The molecule has 2 aliphatic rings. The number of ketones is 1. The lowest BCUT2D eigenvalue weighted by atomic mass is 9.46. The van der Waals surface area contributed by atoms with Crippen molar-refractivity contribution in [1.29, 1.82) is 0 Å². The van der Waals surface area contributed by atoms with E-state index in [0.717, 1.165) is 25.7 Å². The Hall–Kier alpha value is -1.71. The van der Waals surface area contributed by atoms with Gasteiger partial charge in [-0.25, -0.2) is 0 Å². The van der Waals surface area contributed by atoms with Crippen molar-refractivity contribution in [2.24, 2.45) is 22.7 Å². The Bertz CT molecular complexity index is 722. The first kappa shape index (κ1) is 20.0. The number of aliphatic hydroxyl groups excluding tert-OH is 2. The third kappa shape index (κ3) is 3.55. The summed E-state index contributed by atoms with van der Waals surface area (Å²) in [6, 6.07) is 9.32. The summed E-state index contributed by atoms with van der Waals surface area (Å²) >= 11 is 0. The van der Waals surface area contributed by atoms with E-state index in [4.69, 9.17) is 0 Å². The molecule has 3 heteroatoms. The molecule has 0 bridgehead atoms. The molecule has 0 radical (unpaired) electrons. The molecule has 2 N–H and O–H groups in total. The molecule has 3 nitrogen and oxygen atoms in total. The Morgan fingerprint density at radius 2 is 1.96 bits per heavy atom. The fraction of sp³-hybridized carbons (Fsp3) is 0.542. The molecule has 0 heterocycles. The smallest absolute Gasteiger partial charge is 0.185 e. The molecule has 27 heavy (non-hydrogen) atoms. The van der Waals surface area contributed by atoms with Gasteiger partial charge in [-0.1, -0.05) is 62.4 Å². The van der Waals surface area contributed by atoms with Gasteiger partial charge in [0.15, 0.2) is 5.78 Å². The second kappa shape index (κ2) is 7.73. The second-order valence-electron chi connectivity index (χ2n) is 8.89. The first-order valence-corrected chi connectivity index (χ1v) is 10.1. The molecule has 3 rings (SSSR count). The van der Waals surface area contributed by atoms with Crippen LogP contribution in [-0.2, 0) is 0 Å². The molecule has 0 saturated heterocycles. The van der Waals surface area contributed by atoms with Crippen molar-refractivity contribution in [3.8, 4) is 0 Å². The van der Waals surface area contributed by atoms with Gasteiger partial charge in [-0.05, 0) is 55.4 Å². The Balaban J connectivity index is 1.79.